The Morgan fingerprint density at radius 2 is 1.57 bits per heavy atom. The first kappa shape index (κ1) is 15.0. The van der Waals surface area contributed by atoms with Crippen molar-refractivity contribution in [1.29, 1.82) is 0 Å². The number of aryl methyl sites for hydroxylation is 2. The van der Waals surface area contributed by atoms with Gasteiger partial charge in [0.25, 0.3) is 5.43 Å². The molecule has 23 heavy (non-hydrogen) atoms. The highest BCUT2D eigenvalue weighted by Gasteiger charge is 2.22. The molecule has 0 saturated carbocycles. The van der Waals surface area contributed by atoms with E-state index in [1.54, 1.807) is 31.4 Å². The normalized spacial score (nSPS) is 10.7. The molecule has 0 heterocycles. The molecular formula is C19H17NO3. The Morgan fingerprint density at radius 3 is 2.17 bits per heavy atom. The van der Waals surface area contributed by atoms with Gasteiger partial charge in [-0.25, -0.2) is 0 Å². The predicted octanol–water partition coefficient (Wildman–Crippen LogP) is 3.32. The standard InChI is InChI=1S/C19H17NO3/c1-11-4-5-13(10-12(11)2)16-17(19(22)18(16)21)20-14-6-8-15(23-3)9-7-14/h4-10,20H,1-3H3. The van der Waals surface area contributed by atoms with Gasteiger partial charge in [-0.05, 0) is 54.8 Å². The molecule has 0 atom stereocenters. The average Bonchev–Trinajstić information content (AvgIpc) is 2.57. The Balaban J connectivity index is 1.97. The molecule has 0 aliphatic carbocycles. The minimum absolute atomic E-state index is 0.350. The summed E-state index contributed by atoms with van der Waals surface area (Å²) in [7, 11) is 1.59. The lowest BCUT2D eigenvalue weighted by Gasteiger charge is -2.14. The summed E-state index contributed by atoms with van der Waals surface area (Å²) in [6, 6.07) is 13.0. The minimum atomic E-state index is -0.478. The second-order valence-corrected chi connectivity index (χ2v) is 5.56. The van der Waals surface area contributed by atoms with Crippen LogP contribution in [0.4, 0.5) is 11.4 Å². The van der Waals surface area contributed by atoms with E-state index in [-0.39, 0.29) is 0 Å². The highest BCUT2D eigenvalue weighted by molar-refractivity contribution is 5.85. The molecule has 0 fully saturated rings. The van der Waals surface area contributed by atoms with Crippen LogP contribution in [0, 0.1) is 13.8 Å². The third kappa shape index (κ3) is 2.63. The summed E-state index contributed by atoms with van der Waals surface area (Å²) in [6.07, 6.45) is 0. The van der Waals surface area contributed by atoms with Crippen LogP contribution in [0.3, 0.4) is 0 Å². The zero-order chi connectivity index (χ0) is 16.6. The van der Waals surface area contributed by atoms with Crippen molar-refractivity contribution in [3.63, 3.8) is 0 Å². The van der Waals surface area contributed by atoms with Gasteiger partial charge in [0.1, 0.15) is 11.4 Å². The van der Waals surface area contributed by atoms with Gasteiger partial charge in [-0.3, -0.25) is 9.59 Å². The summed E-state index contributed by atoms with van der Waals surface area (Å²) in [4.78, 5) is 23.9. The third-order valence-electron chi connectivity index (χ3n) is 4.07. The fourth-order valence-electron chi connectivity index (χ4n) is 2.50. The molecule has 0 radical (unpaired) electrons. The number of hydrogen-bond acceptors (Lipinski definition) is 4. The van der Waals surface area contributed by atoms with Crippen molar-refractivity contribution >= 4 is 11.4 Å². The molecule has 0 aliphatic heterocycles. The van der Waals surface area contributed by atoms with Crippen molar-refractivity contribution in [1.82, 2.24) is 0 Å². The summed E-state index contributed by atoms with van der Waals surface area (Å²) < 4.78 is 5.11. The lowest BCUT2D eigenvalue weighted by atomic mass is 9.95. The molecule has 0 aliphatic rings. The Labute approximate surface area is 134 Å². The van der Waals surface area contributed by atoms with Crippen LogP contribution < -0.4 is 20.9 Å². The molecule has 0 amide bonds. The molecule has 4 heteroatoms. The zero-order valence-electron chi connectivity index (χ0n) is 13.3. The molecule has 3 rings (SSSR count). The van der Waals surface area contributed by atoms with E-state index in [2.05, 4.69) is 5.32 Å². The Hall–Kier alpha value is -2.88. The summed E-state index contributed by atoms with van der Waals surface area (Å²) in [6.45, 7) is 4.00. The smallest absolute Gasteiger partial charge is 0.250 e. The largest absolute Gasteiger partial charge is 0.497 e. The van der Waals surface area contributed by atoms with E-state index < -0.39 is 10.9 Å². The molecule has 4 nitrogen and oxygen atoms in total. The van der Waals surface area contributed by atoms with Gasteiger partial charge in [-0.2, -0.15) is 0 Å². The number of methoxy groups -OCH3 is 1. The van der Waals surface area contributed by atoms with Crippen molar-refractivity contribution in [2.75, 3.05) is 12.4 Å². The van der Waals surface area contributed by atoms with Crippen molar-refractivity contribution in [3.8, 4) is 16.9 Å². The molecule has 3 aromatic rings. The summed E-state index contributed by atoms with van der Waals surface area (Å²) in [5, 5.41) is 3.05. The van der Waals surface area contributed by atoms with Gasteiger partial charge >= 0.3 is 0 Å². The van der Waals surface area contributed by atoms with Crippen LogP contribution in [0.2, 0.25) is 0 Å². The van der Waals surface area contributed by atoms with Crippen molar-refractivity contribution in [2.45, 2.75) is 13.8 Å². The van der Waals surface area contributed by atoms with E-state index in [1.807, 2.05) is 32.0 Å². The average molecular weight is 307 g/mol. The molecule has 0 aromatic heterocycles. The first-order chi connectivity index (χ1) is 11.0. The van der Waals surface area contributed by atoms with Crippen molar-refractivity contribution in [3.05, 3.63) is 74.0 Å². The van der Waals surface area contributed by atoms with Crippen LogP contribution in [0.5, 0.6) is 5.75 Å². The topological polar surface area (TPSA) is 55.4 Å². The fraction of sp³-hybridized carbons (Fsp3) is 0.158. The zero-order valence-corrected chi connectivity index (χ0v) is 13.3. The monoisotopic (exact) mass is 307 g/mol. The summed E-state index contributed by atoms with van der Waals surface area (Å²) in [5.74, 6) is 0.731. The Bertz CT molecular complexity index is 932. The van der Waals surface area contributed by atoms with Crippen LogP contribution in [-0.4, -0.2) is 7.11 Å². The number of rotatable bonds is 4. The van der Waals surface area contributed by atoms with E-state index in [1.165, 1.54) is 0 Å². The molecular weight excluding hydrogens is 290 g/mol. The van der Waals surface area contributed by atoms with Crippen molar-refractivity contribution < 1.29 is 4.74 Å². The lowest BCUT2D eigenvalue weighted by Crippen LogP contribution is -2.35. The molecule has 0 bridgehead atoms. The van der Waals surface area contributed by atoms with E-state index in [9.17, 15) is 9.59 Å². The van der Waals surface area contributed by atoms with Crippen LogP contribution in [0.25, 0.3) is 11.1 Å². The highest BCUT2D eigenvalue weighted by Crippen LogP contribution is 2.28. The summed E-state index contributed by atoms with van der Waals surface area (Å²) >= 11 is 0. The molecule has 3 aromatic carbocycles. The number of anilines is 2. The van der Waals surface area contributed by atoms with Gasteiger partial charge in [-0.1, -0.05) is 18.2 Å². The van der Waals surface area contributed by atoms with Gasteiger partial charge < -0.3 is 10.1 Å². The first-order valence-corrected chi connectivity index (χ1v) is 7.33. The van der Waals surface area contributed by atoms with Crippen LogP contribution >= 0.6 is 0 Å². The maximum Gasteiger partial charge on any atom is 0.250 e. The molecule has 0 saturated heterocycles. The predicted molar refractivity (Wildman–Crippen MR) is 92.5 cm³/mol. The molecule has 0 spiro atoms. The number of hydrogen-bond donors (Lipinski definition) is 1. The van der Waals surface area contributed by atoms with Gasteiger partial charge in [0.2, 0.25) is 5.43 Å². The minimum Gasteiger partial charge on any atom is -0.497 e. The van der Waals surface area contributed by atoms with Gasteiger partial charge in [0.15, 0.2) is 0 Å². The highest BCUT2D eigenvalue weighted by atomic mass is 16.5. The Kier molecular flexibility index (Phi) is 3.74. The molecule has 1 N–H and O–H groups in total. The second kappa shape index (κ2) is 5.72. The summed E-state index contributed by atoms with van der Waals surface area (Å²) in [5.41, 5.74) is 3.63. The third-order valence-corrected chi connectivity index (χ3v) is 4.07. The SMILES string of the molecule is COc1ccc(Nc2c(-c3ccc(C)c(C)c3)c(=O)c2=O)cc1. The lowest BCUT2D eigenvalue weighted by molar-refractivity contribution is 0.415. The van der Waals surface area contributed by atoms with E-state index in [0.29, 0.717) is 11.3 Å². The number of benzene rings is 2. The number of nitrogens with one attached hydrogen (secondary N) is 1. The second-order valence-electron chi connectivity index (χ2n) is 5.56. The maximum atomic E-state index is 12.0. The van der Waals surface area contributed by atoms with E-state index in [4.69, 9.17) is 4.74 Å². The molecule has 0 unspecified atom stereocenters. The quantitative estimate of drug-likeness (QED) is 0.751. The van der Waals surface area contributed by atoms with Crippen LogP contribution in [0.1, 0.15) is 11.1 Å². The van der Waals surface area contributed by atoms with Crippen LogP contribution in [-0.2, 0) is 0 Å². The van der Waals surface area contributed by atoms with Crippen LogP contribution in [0.15, 0.2) is 52.1 Å². The fourth-order valence-corrected chi connectivity index (χ4v) is 2.50. The number of ether oxygens (including phenoxy) is 1. The van der Waals surface area contributed by atoms with Gasteiger partial charge in [0.05, 0.1) is 12.7 Å². The van der Waals surface area contributed by atoms with Gasteiger partial charge in [0, 0.05) is 5.69 Å². The van der Waals surface area contributed by atoms with Crippen molar-refractivity contribution in [2.24, 2.45) is 0 Å². The van der Waals surface area contributed by atoms with Gasteiger partial charge in [-0.15, -0.1) is 0 Å². The Morgan fingerprint density at radius 1 is 0.870 bits per heavy atom. The maximum absolute atomic E-state index is 12.0. The van der Waals surface area contributed by atoms with E-state index >= 15 is 0 Å². The first-order valence-electron chi connectivity index (χ1n) is 7.33. The van der Waals surface area contributed by atoms with E-state index in [0.717, 1.165) is 28.1 Å². The molecule has 116 valence electrons.